The van der Waals surface area contributed by atoms with Gasteiger partial charge < -0.3 is 17.9 Å². The summed E-state index contributed by atoms with van der Waals surface area (Å²) in [4.78, 5) is 13.0. The Morgan fingerprint density at radius 2 is 1.29 bits per heavy atom. The summed E-state index contributed by atoms with van der Waals surface area (Å²) in [5, 5.41) is 15.5. The first-order valence-electron chi connectivity index (χ1n) is 10.7. The fraction of sp³-hybridized carbons (Fsp3) is 0.435. The van der Waals surface area contributed by atoms with Gasteiger partial charge in [0, 0.05) is 44.8 Å². The Bertz CT molecular complexity index is 932. The minimum atomic E-state index is 0.623. The molecule has 0 radical (unpaired) electrons. The zero-order valence-corrected chi connectivity index (χ0v) is 22.7. The molecule has 0 spiro atoms. The lowest BCUT2D eigenvalue weighted by molar-refractivity contribution is 0.389. The Balaban J connectivity index is 0.000000219. The molecule has 5 rings (SSSR count). The fourth-order valence-corrected chi connectivity index (χ4v) is 2.90. The largest absolute Gasteiger partial charge is 0.446 e. The Morgan fingerprint density at radius 3 is 1.43 bits per heavy atom. The molecule has 12 heteroatoms. The minimum absolute atomic E-state index is 0.623. The number of hydrogen-bond acceptors (Lipinski definition) is 12. The van der Waals surface area contributed by atoms with Gasteiger partial charge in [0.25, 0.3) is 0 Å². The van der Waals surface area contributed by atoms with E-state index in [2.05, 4.69) is 46.9 Å². The second-order valence-electron chi connectivity index (χ2n) is 7.26. The molecule has 35 heavy (non-hydrogen) atoms. The fourth-order valence-electron chi connectivity index (χ4n) is 2.22. The van der Waals surface area contributed by atoms with Gasteiger partial charge >= 0.3 is 0 Å². The maximum atomic E-state index is 4.97. The lowest BCUT2D eigenvalue weighted by atomic mass is 10.4. The van der Waals surface area contributed by atoms with Crippen molar-refractivity contribution < 1.29 is 17.9 Å². The Hall–Kier alpha value is -3.67. The van der Waals surface area contributed by atoms with E-state index in [-0.39, 0.29) is 0 Å². The topological polar surface area (TPSA) is 143 Å². The van der Waals surface area contributed by atoms with Gasteiger partial charge in [0.1, 0.15) is 11.5 Å². The highest BCUT2D eigenvalue weighted by Gasteiger charge is 1.91. The van der Waals surface area contributed by atoms with Crippen molar-refractivity contribution in [2.45, 2.75) is 69.2 Å². The molecule has 0 aliphatic carbocycles. The quantitative estimate of drug-likeness (QED) is 0.256. The van der Waals surface area contributed by atoms with Gasteiger partial charge in [0.2, 0.25) is 17.7 Å². The Kier molecular flexibility index (Phi) is 12.8. The first-order chi connectivity index (χ1) is 16.4. The summed E-state index contributed by atoms with van der Waals surface area (Å²) in [6.07, 6.45) is 3.59. The van der Waals surface area contributed by atoms with Gasteiger partial charge in [-0.25, -0.2) is 9.97 Å². The summed E-state index contributed by atoms with van der Waals surface area (Å²) >= 11 is 1.73. The predicted octanol–water partition coefficient (Wildman–Crippen LogP) is 5.72. The number of rotatable bonds is 0. The summed E-state index contributed by atoms with van der Waals surface area (Å²) < 4.78 is 19.2. The molecule has 0 N–H and O–H groups in total. The van der Waals surface area contributed by atoms with Crippen LogP contribution in [0.4, 0.5) is 0 Å². The van der Waals surface area contributed by atoms with Crippen LogP contribution < -0.4 is 0 Å². The predicted molar refractivity (Wildman–Crippen MR) is 131 cm³/mol. The number of aryl methyl sites for hydroxylation is 10. The lowest BCUT2D eigenvalue weighted by Gasteiger charge is -1.73. The second kappa shape index (κ2) is 15.3. The second-order valence-corrected chi connectivity index (χ2v) is 8.70. The molecule has 5 heterocycles. The molecule has 11 nitrogen and oxygen atoms in total. The molecule has 0 aliphatic heterocycles. The molecule has 0 saturated heterocycles. The molecule has 0 bridgehead atoms. The number of aromatic nitrogens is 7. The van der Waals surface area contributed by atoms with E-state index in [1.165, 1.54) is 4.88 Å². The van der Waals surface area contributed by atoms with Gasteiger partial charge in [0.05, 0.1) is 16.9 Å². The third-order valence-corrected chi connectivity index (χ3v) is 4.30. The monoisotopic (exact) mass is 503 g/mol. The van der Waals surface area contributed by atoms with Crippen LogP contribution in [0.25, 0.3) is 0 Å². The molecule has 0 amide bonds. The van der Waals surface area contributed by atoms with Crippen LogP contribution in [-0.2, 0) is 0 Å². The van der Waals surface area contributed by atoms with E-state index in [0.29, 0.717) is 23.5 Å². The highest BCUT2D eigenvalue weighted by molar-refractivity contribution is 7.11. The number of nitrogens with zero attached hydrogens (tertiary/aromatic N) is 7. The van der Waals surface area contributed by atoms with E-state index in [0.717, 1.165) is 28.1 Å². The van der Waals surface area contributed by atoms with Crippen molar-refractivity contribution in [1.29, 1.82) is 0 Å². The normalized spacial score (nSPS) is 9.43. The summed E-state index contributed by atoms with van der Waals surface area (Å²) in [5.41, 5.74) is 0.942. The maximum absolute atomic E-state index is 4.97. The molecule has 5 aromatic rings. The molecule has 0 fully saturated rings. The van der Waals surface area contributed by atoms with E-state index in [9.17, 15) is 0 Å². The molecular weight excluding hydrogens is 470 g/mol. The average Bonchev–Trinajstić information content (AvgIpc) is 3.59. The van der Waals surface area contributed by atoms with Crippen LogP contribution >= 0.6 is 11.3 Å². The average molecular weight is 504 g/mol. The van der Waals surface area contributed by atoms with Gasteiger partial charge in [-0.3, -0.25) is 0 Å². The van der Waals surface area contributed by atoms with E-state index >= 15 is 0 Å². The smallest absolute Gasteiger partial charge is 0.223 e. The Morgan fingerprint density at radius 1 is 0.629 bits per heavy atom. The third-order valence-electron chi connectivity index (χ3n) is 3.48. The van der Waals surface area contributed by atoms with Crippen LogP contribution in [0.3, 0.4) is 0 Å². The van der Waals surface area contributed by atoms with Crippen LogP contribution in [0, 0.1) is 69.2 Å². The van der Waals surface area contributed by atoms with Crippen LogP contribution in [0.15, 0.2) is 36.3 Å². The molecule has 0 unspecified atom stereocenters. The van der Waals surface area contributed by atoms with Crippen molar-refractivity contribution in [3.63, 3.8) is 0 Å². The van der Waals surface area contributed by atoms with E-state index < -0.39 is 0 Å². The molecule has 0 atom stereocenters. The van der Waals surface area contributed by atoms with Crippen molar-refractivity contribution >= 4 is 11.3 Å². The minimum Gasteiger partial charge on any atom is -0.446 e. The molecule has 0 aliphatic rings. The molecule has 0 saturated carbocycles. The van der Waals surface area contributed by atoms with Crippen molar-refractivity contribution in [3.8, 4) is 0 Å². The van der Waals surface area contributed by atoms with Crippen LogP contribution in [-0.4, -0.2) is 35.5 Å². The summed E-state index contributed by atoms with van der Waals surface area (Å²) in [7, 11) is 0. The van der Waals surface area contributed by atoms with Gasteiger partial charge in [-0.2, -0.15) is 4.98 Å². The SMILES string of the molecule is Cc1cc(C)on1.Cc1cnc(C)o1.Cc1cnc(C)s1.Cc1nnc(C)o1.Cc1noc(C)n1. The Labute approximate surface area is 209 Å². The van der Waals surface area contributed by atoms with Crippen molar-refractivity contribution in [3.05, 3.63) is 74.9 Å². The maximum Gasteiger partial charge on any atom is 0.223 e. The zero-order chi connectivity index (χ0) is 26.4. The highest BCUT2D eigenvalue weighted by Crippen LogP contribution is 2.07. The van der Waals surface area contributed by atoms with Crippen LogP contribution in [0.2, 0.25) is 0 Å². The number of hydrogen-bond donors (Lipinski definition) is 0. The zero-order valence-electron chi connectivity index (χ0n) is 21.9. The first kappa shape index (κ1) is 29.4. The summed E-state index contributed by atoms with van der Waals surface area (Å²) in [6, 6.07) is 1.89. The van der Waals surface area contributed by atoms with Gasteiger partial charge in [-0.05, 0) is 41.5 Å². The standard InChI is InChI=1S/2C5H7NO.C5H7NS.2C4H6N2O/c1-4-3-6-5(2)7-4;1-4-3-5(2)7-6-4;1-4-3-6-5(2)7-4;1-3-5-6-4(2)7-3;1-3-5-4(2)7-6-3/h3*3H,1-2H3;2*1-2H3. The summed E-state index contributed by atoms with van der Waals surface area (Å²) in [6.45, 7) is 18.6. The van der Waals surface area contributed by atoms with E-state index in [1.54, 1.807) is 45.2 Å². The van der Waals surface area contributed by atoms with E-state index in [4.69, 9.17) is 13.4 Å². The van der Waals surface area contributed by atoms with Crippen molar-refractivity contribution in [2.24, 2.45) is 0 Å². The third kappa shape index (κ3) is 14.3. The molecule has 190 valence electrons. The summed E-state index contributed by atoms with van der Waals surface area (Å²) in [5.74, 6) is 5.04. The molecular formula is C23H33N7O4S. The van der Waals surface area contributed by atoms with Crippen LogP contribution in [0.1, 0.15) is 56.5 Å². The highest BCUT2D eigenvalue weighted by atomic mass is 32.1. The lowest BCUT2D eigenvalue weighted by Crippen LogP contribution is -1.70. The first-order valence-corrected chi connectivity index (χ1v) is 11.5. The molecule has 5 aromatic heterocycles. The van der Waals surface area contributed by atoms with Crippen molar-refractivity contribution in [2.75, 3.05) is 0 Å². The number of thiazole rings is 1. The van der Waals surface area contributed by atoms with Gasteiger partial charge in [-0.15, -0.1) is 21.5 Å². The van der Waals surface area contributed by atoms with Gasteiger partial charge in [-0.1, -0.05) is 10.3 Å². The van der Waals surface area contributed by atoms with Crippen LogP contribution in [0.5, 0.6) is 0 Å². The van der Waals surface area contributed by atoms with E-state index in [1.807, 2.05) is 46.9 Å². The number of oxazole rings is 1. The van der Waals surface area contributed by atoms with Crippen molar-refractivity contribution in [1.82, 2.24) is 35.5 Å². The van der Waals surface area contributed by atoms with Gasteiger partial charge in [0.15, 0.2) is 11.7 Å². The molecule has 0 aromatic carbocycles.